The minimum Gasteiger partial charge on any atom is -0.378 e. The molecule has 2 heteroatoms. The molecule has 1 N–H and O–H groups in total. The lowest BCUT2D eigenvalue weighted by molar-refractivity contribution is -0.123. The van der Waals surface area contributed by atoms with Crippen molar-refractivity contribution in [3.63, 3.8) is 0 Å². The molecule has 0 aliphatic carbocycles. The van der Waals surface area contributed by atoms with Crippen LogP contribution in [0.1, 0.15) is 37.4 Å². The second-order valence-electron chi connectivity index (χ2n) is 5.91. The number of hydrogen-bond donors (Lipinski definition) is 1. The number of ketones is 1. The van der Waals surface area contributed by atoms with Gasteiger partial charge in [0.25, 0.3) is 0 Å². The molecule has 0 spiro atoms. The topological polar surface area (TPSA) is 29.1 Å². The van der Waals surface area contributed by atoms with Crippen molar-refractivity contribution in [3.05, 3.63) is 65.7 Å². The lowest BCUT2D eigenvalue weighted by Crippen LogP contribution is -2.28. The standard InChI is InChI=1S/C18H19NO/c1-18(2)14-10-6-7-11-15(14)19-16(12-17(18)20)13-8-4-3-5-9-13/h3-11,16,19H,12H2,1-2H3. The Hall–Kier alpha value is -2.09. The lowest BCUT2D eigenvalue weighted by atomic mass is 9.79. The zero-order valence-electron chi connectivity index (χ0n) is 11.9. The normalized spacial score (nSPS) is 20.7. The van der Waals surface area contributed by atoms with E-state index in [0.29, 0.717) is 6.42 Å². The van der Waals surface area contributed by atoms with Crippen LogP contribution in [-0.4, -0.2) is 5.78 Å². The van der Waals surface area contributed by atoms with Crippen LogP contribution in [0.4, 0.5) is 5.69 Å². The van der Waals surface area contributed by atoms with Crippen molar-refractivity contribution in [3.8, 4) is 0 Å². The smallest absolute Gasteiger partial charge is 0.145 e. The SMILES string of the molecule is CC1(C)C(=O)CC(c2ccccc2)Nc2ccccc21. The summed E-state index contributed by atoms with van der Waals surface area (Å²) in [6.07, 6.45) is 0.520. The van der Waals surface area contributed by atoms with E-state index in [9.17, 15) is 4.79 Å². The average molecular weight is 265 g/mol. The van der Waals surface area contributed by atoms with Crippen LogP contribution in [0.25, 0.3) is 0 Å². The molecule has 1 unspecified atom stereocenters. The van der Waals surface area contributed by atoms with Crippen molar-refractivity contribution >= 4 is 11.5 Å². The van der Waals surface area contributed by atoms with Crippen LogP contribution in [0.3, 0.4) is 0 Å². The average Bonchev–Trinajstić information content (AvgIpc) is 2.56. The summed E-state index contributed by atoms with van der Waals surface area (Å²) in [5.41, 5.74) is 2.88. The number of carbonyl (C=O) groups excluding carboxylic acids is 1. The first-order valence-electron chi connectivity index (χ1n) is 7.03. The van der Waals surface area contributed by atoms with Crippen molar-refractivity contribution in [2.75, 3.05) is 5.32 Å². The summed E-state index contributed by atoms with van der Waals surface area (Å²) in [5, 5.41) is 3.54. The third-order valence-corrected chi connectivity index (χ3v) is 4.22. The van der Waals surface area contributed by atoms with Crippen LogP contribution < -0.4 is 5.32 Å². The Balaban J connectivity index is 2.07. The maximum absolute atomic E-state index is 12.6. The predicted octanol–water partition coefficient (Wildman–Crippen LogP) is 4.09. The molecular formula is C18H19NO. The zero-order chi connectivity index (χ0) is 14.2. The quantitative estimate of drug-likeness (QED) is 0.841. The monoisotopic (exact) mass is 265 g/mol. The molecule has 0 bridgehead atoms. The van der Waals surface area contributed by atoms with Gasteiger partial charge in [-0.2, -0.15) is 0 Å². The summed E-state index contributed by atoms with van der Waals surface area (Å²) in [6, 6.07) is 18.4. The van der Waals surface area contributed by atoms with Crippen LogP contribution in [0.2, 0.25) is 0 Å². The van der Waals surface area contributed by atoms with E-state index in [1.807, 2.05) is 50.2 Å². The van der Waals surface area contributed by atoms with Crippen LogP contribution in [0, 0.1) is 0 Å². The third-order valence-electron chi connectivity index (χ3n) is 4.22. The third kappa shape index (κ3) is 2.11. The van der Waals surface area contributed by atoms with Crippen LogP contribution in [0.15, 0.2) is 54.6 Å². The Morgan fingerprint density at radius 3 is 2.40 bits per heavy atom. The number of hydrogen-bond acceptors (Lipinski definition) is 2. The van der Waals surface area contributed by atoms with Gasteiger partial charge in [0.15, 0.2) is 0 Å². The van der Waals surface area contributed by atoms with E-state index < -0.39 is 5.41 Å². The van der Waals surface area contributed by atoms with E-state index in [4.69, 9.17) is 0 Å². The summed E-state index contributed by atoms with van der Waals surface area (Å²) >= 11 is 0. The largest absolute Gasteiger partial charge is 0.378 e. The summed E-state index contributed by atoms with van der Waals surface area (Å²) in [6.45, 7) is 4.03. The van der Waals surface area contributed by atoms with Gasteiger partial charge in [-0.25, -0.2) is 0 Å². The molecule has 0 aromatic heterocycles. The van der Waals surface area contributed by atoms with Gasteiger partial charge in [0.05, 0.1) is 11.5 Å². The van der Waals surface area contributed by atoms with Crippen LogP contribution in [0.5, 0.6) is 0 Å². The molecule has 20 heavy (non-hydrogen) atoms. The molecule has 0 saturated carbocycles. The van der Waals surface area contributed by atoms with Gasteiger partial charge < -0.3 is 5.32 Å². The number of anilines is 1. The molecule has 1 aliphatic rings. The minimum absolute atomic E-state index is 0.0478. The molecule has 1 aliphatic heterocycles. The molecule has 1 atom stereocenters. The maximum Gasteiger partial charge on any atom is 0.145 e. The maximum atomic E-state index is 12.6. The summed E-state index contributed by atoms with van der Waals surface area (Å²) in [7, 11) is 0. The molecule has 1 heterocycles. The van der Waals surface area contributed by atoms with Crippen molar-refractivity contribution < 1.29 is 4.79 Å². The van der Waals surface area contributed by atoms with Gasteiger partial charge in [0.2, 0.25) is 0 Å². The fourth-order valence-electron chi connectivity index (χ4n) is 2.87. The Kier molecular flexibility index (Phi) is 3.09. The van der Waals surface area contributed by atoms with Crippen molar-refractivity contribution in [1.29, 1.82) is 0 Å². The van der Waals surface area contributed by atoms with Crippen molar-refractivity contribution in [2.45, 2.75) is 31.7 Å². The summed E-state index contributed by atoms with van der Waals surface area (Å²) in [5.74, 6) is 0.281. The molecule has 0 saturated heterocycles. The first kappa shape index (κ1) is 12.9. The molecule has 0 fully saturated rings. The van der Waals surface area contributed by atoms with Gasteiger partial charge in [-0.05, 0) is 31.0 Å². The number of para-hydroxylation sites is 1. The van der Waals surface area contributed by atoms with Gasteiger partial charge >= 0.3 is 0 Å². The second-order valence-corrected chi connectivity index (χ2v) is 5.91. The van der Waals surface area contributed by atoms with Crippen molar-refractivity contribution in [1.82, 2.24) is 0 Å². The first-order valence-corrected chi connectivity index (χ1v) is 7.03. The zero-order valence-corrected chi connectivity index (χ0v) is 11.9. The molecule has 0 amide bonds. The summed E-state index contributed by atoms with van der Waals surface area (Å²) in [4.78, 5) is 12.6. The van der Waals surface area contributed by atoms with E-state index in [1.54, 1.807) is 0 Å². The highest BCUT2D eigenvalue weighted by molar-refractivity contribution is 5.93. The molecule has 2 nitrogen and oxygen atoms in total. The van der Waals surface area contributed by atoms with Gasteiger partial charge in [-0.3, -0.25) is 4.79 Å². The van der Waals surface area contributed by atoms with Crippen LogP contribution in [-0.2, 0) is 10.2 Å². The van der Waals surface area contributed by atoms with Gasteiger partial charge in [0.1, 0.15) is 5.78 Å². The fourth-order valence-corrected chi connectivity index (χ4v) is 2.87. The van der Waals surface area contributed by atoms with E-state index in [-0.39, 0.29) is 11.8 Å². The lowest BCUT2D eigenvalue weighted by Gasteiger charge is -2.22. The first-order chi connectivity index (χ1) is 9.59. The van der Waals surface area contributed by atoms with E-state index in [0.717, 1.165) is 16.8 Å². The molecular weight excluding hydrogens is 246 g/mol. The van der Waals surface area contributed by atoms with E-state index in [2.05, 4.69) is 23.5 Å². The number of Topliss-reactive ketones (excluding diaryl/α,β-unsaturated/α-hetero) is 1. The number of rotatable bonds is 1. The highest BCUT2D eigenvalue weighted by Crippen LogP contribution is 2.39. The Morgan fingerprint density at radius 1 is 1.00 bits per heavy atom. The second kappa shape index (κ2) is 4.78. The van der Waals surface area contributed by atoms with Gasteiger partial charge in [-0.15, -0.1) is 0 Å². The number of fused-ring (bicyclic) bond motifs is 1. The fraction of sp³-hybridized carbons (Fsp3) is 0.278. The van der Waals surface area contributed by atoms with Gasteiger partial charge in [0, 0.05) is 12.1 Å². The highest BCUT2D eigenvalue weighted by atomic mass is 16.1. The number of carbonyl (C=O) groups is 1. The van der Waals surface area contributed by atoms with E-state index in [1.165, 1.54) is 0 Å². The molecule has 3 rings (SSSR count). The number of nitrogens with one attached hydrogen (secondary N) is 1. The predicted molar refractivity (Wildman–Crippen MR) is 81.9 cm³/mol. The van der Waals surface area contributed by atoms with Crippen LogP contribution >= 0.6 is 0 Å². The Bertz CT molecular complexity index is 631. The Labute approximate surface area is 119 Å². The minimum atomic E-state index is -0.437. The van der Waals surface area contributed by atoms with Crippen molar-refractivity contribution in [2.24, 2.45) is 0 Å². The molecule has 2 aromatic carbocycles. The van der Waals surface area contributed by atoms with E-state index >= 15 is 0 Å². The Morgan fingerprint density at radius 2 is 1.65 bits per heavy atom. The highest BCUT2D eigenvalue weighted by Gasteiger charge is 2.36. The molecule has 2 aromatic rings. The van der Waals surface area contributed by atoms with Gasteiger partial charge in [-0.1, -0.05) is 48.5 Å². The summed E-state index contributed by atoms with van der Waals surface area (Å²) < 4.78 is 0. The molecule has 102 valence electrons. The molecule has 0 radical (unpaired) electrons. The number of benzene rings is 2.